The van der Waals surface area contributed by atoms with Crippen LogP contribution in [0.3, 0.4) is 0 Å². The molecule has 1 atom stereocenters. The lowest BCUT2D eigenvalue weighted by atomic mass is 9.97. The Morgan fingerprint density at radius 3 is 2.51 bits per heavy atom. The van der Waals surface area contributed by atoms with Gasteiger partial charge in [0.15, 0.2) is 5.75 Å². The third-order valence-corrected chi connectivity index (χ3v) is 6.23. The van der Waals surface area contributed by atoms with E-state index in [0.717, 1.165) is 6.07 Å². The number of aryl methyl sites for hydroxylation is 1. The number of halogens is 5. The number of amides is 2. The Kier molecular flexibility index (Phi) is 8.42. The van der Waals surface area contributed by atoms with Gasteiger partial charge in [0.2, 0.25) is 5.91 Å². The first-order valence-corrected chi connectivity index (χ1v) is 12.1. The summed E-state index contributed by atoms with van der Waals surface area (Å²) in [6.07, 6.45) is -1.43. The Hall–Kier alpha value is -3.68. The van der Waals surface area contributed by atoms with E-state index in [1.165, 1.54) is 36.8 Å². The fraction of sp³-hybridized carbons (Fsp3) is 0.292. The molecule has 0 unspecified atom stereocenters. The number of carbonyl (C=O) groups excluding carboxylic acids is 2. The largest absolute Gasteiger partial charge is 0.418 e. The van der Waals surface area contributed by atoms with Crippen LogP contribution in [-0.4, -0.2) is 45.7 Å². The van der Waals surface area contributed by atoms with E-state index < -0.39 is 29.3 Å². The van der Waals surface area contributed by atoms with E-state index in [1.54, 1.807) is 6.92 Å². The van der Waals surface area contributed by atoms with Crippen LogP contribution in [0.5, 0.6) is 5.75 Å². The molecule has 0 aliphatic carbocycles. The molecule has 1 fully saturated rings. The van der Waals surface area contributed by atoms with E-state index >= 15 is 0 Å². The van der Waals surface area contributed by atoms with Crippen molar-refractivity contribution in [2.75, 3.05) is 18.5 Å². The highest BCUT2D eigenvalue weighted by Gasteiger charge is 2.44. The van der Waals surface area contributed by atoms with Gasteiger partial charge in [0.25, 0.3) is 0 Å². The summed E-state index contributed by atoms with van der Waals surface area (Å²) in [4.78, 5) is 37.5. The minimum atomic E-state index is -4.64. The van der Waals surface area contributed by atoms with Crippen LogP contribution < -0.4 is 20.7 Å². The molecule has 39 heavy (non-hydrogen) atoms. The van der Waals surface area contributed by atoms with Gasteiger partial charge in [-0.05, 0) is 31.2 Å². The van der Waals surface area contributed by atoms with Crippen molar-refractivity contribution in [1.82, 2.24) is 25.6 Å². The summed E-state index contributed by atoms with van der Waals surface area (Å²) >= 11 is 12.0. The third-order valence-electron chi connectivity index (χ3n) is 5.67. The van der Waals surface area contributed by atoms with E-state index in [0.29, 0.717) is 5.82 Å². The van der Waals surface area contributed by atoms with Gasteiger partial charge in [-0.2, -0.15) is 13.2 Å². The molecule has 0 saturated carbocycles. The van der Waals surface area contributed by atoms with Crippen LogP contribution in [-0.2, 0) is 22.3 Å². The van der Waals surface area contributed by atoms with Crippen LogP contribution >= 0.6 is 23.2 Å². The number of nitrogens with zero attached hydrogens (tertiary/aromatic N) is 3. The highest BCUT2D eigenvalue weighted by molar-refractivity contribution is 6.31. The zero-order valence-electron chi connectivity index (χ0n) is 20.2. The summed E-state index contributed by atoms with van der Waals surface area (Å²) in [5.74, 6) is 0.0290. The number of benzene rings is 1. The van der Waals surface area contributed by atoms with E-state index in [4.69, 9.17) is 32.7 Å². The van der Waals surface area contributed by atoms with Crippen LogP contribution in [0.15, 0.2) is 42.9 Å². The first-order chi connectivity index (χ1) is 18.4. The maximum absolute atomic E-state index is 13.4. The highest BCUT2D eigenvalue weighted by Crippen LogP contribution is 2.38. The van der Waals surface area contributed by atoms with Crippen molar-refractivity contribution in [3.63, 3.8) is 0 Å². The number of alkyl halides is 3. The van der Waals surface area contributed by atoms with Crippen LogP contribution in [0, 0.1) is 6.92 Å². The van der Waals surface area contributed by atoms with E-state index in [1.807, 2.05) is 0 Å². The van der Waals surface area contributed by atoms with Crippen LogP contribution in [0.4, 0.5) is 29.3 Å². The van der Waals surface area contributed by atoms with Crippen molar-refractivity contribution in [2.45, 2.75) is 31.6 Å². The third kappa shape index (κ3) is 7.05. The summed E-state index contributed by atoms with van der Waals surface area (Å²) < 4.78 is 50.7. The number of aromatic nitrogens is 3. The van der Waals surface area contributed by atoms with Gasteiger partial charge in [-0.25, -0.2) is 14.8 Å². The highest BCUT2D eigenvalue weighted by atomic mass is 35.5. The first kappa shape index (κ1) is 28.3. The molecule has 0 bridgehead atoms. The predicted molar refractivity (Wildman–Crippen MR) is 135 cm³/mol. The average Bonchev–Trinajstić information content (AvgIpc) is 3.35. The van der Waals surface area contributed by atoms with Crippen molar-refractivity contribution in [2.24, 2.45) is 0 Å². The van der Waals surface area contributed by atoms with Gasteiger partial charge in [-0.3, -0.25) is 9.78 Å². The Bertz CT molecular complexity index is 1370. The average molecular weight is 585 g/mol. The Labute approximate surface area is 230 Å². The van der Waals surface area contributed by atoms with E-state index in [2.05, 4.69) is 30.9 Å². The van der Waals surface area contributed by atoms with Crippen molar-refractivity contribution < 1.29 is 32.2 Å². The van der Waals surface area contributed by atoms with Crippen molar-refractivity contribution in [3.05, 3.63) is 70.0 Å². The molecule has 3 N–H and O–H groups in total. The molecule has 0 spiro atoms. The number of hydrogen-bond donors (Lipinski definition) is 3. The molecule has 1 aliphatic rings. The number of rotatable bonds is 7. The lowest BCUT2D eigenvalue weighted by Crippen LogP contribution is -2.59. The summed E-state index contributed by atoms with van der Waals surface area (Å²) in [5.41, 5.74) is -2.15. The topological polar surface area (TPSA) is 127 Å². The van der Waals surface area contributed by atoms with Gasteiger partial charge in [0.05, 0.1) is 59.4 Å². The lowest BCUT2D eigenvalue weighted by Gasteiger charge is -2.27. The van der Waals surface area contributed by atoms with Crippen molar-refractivity contribution >= 4 is 46.6 Å². The number of nitrogens with one attached hydrogen (secondary N) is 3. The standard InChI is InChI=1S/C24H21Cl2F3N6O4/c1-13-30-9-16(10-31-13)39-22(37)35-23(4-5-38-12-23)21(36)33-11-20-18(26)7-15(8-32-20)34-19-3-2-14(25)6-17(19)24(27,28)29/h2-3,6-10,34H,4-5,11-12H2,1H3,(H,33,36)(H,35,37)/t23-/m0/s1. The Morgan fingerprint density at radius 1 is 1.13 bits per heavy atom. The fourth-order valence-corrected chi connectivity index (χ4v) is 4.08. The molecule has 206 valence electrons. The van der Waals surface area contributed by atoms with E-state index in [9.17, 15) is 22.8 Å². The SMILES string of the molecule is Cc1ncc(OC(=O)N[C@@]2(C(=O)NCc3ncc(Nc4ccc(Cl)cc4C(F)(F)F)cc3Cl)CCOC2)cn1. The molecule has 1 saturated heterocycles. The van der Waals surface area contributed by atoms with Crippen molar-refractivity contribution in [3.8, 4) is 5.75 Å². The van der Waals surface area contributed by atoms with Gasteiger partial charge in [0.1, 0.15) is 11.4 Å². The summed E-state index contributed by atoms with van der Waals surface area (Å²) in [6, 6.07) is 4.70. The quantitative estimate of drug-likeness (QED) is 0.361. The van der Waals surface area contributed by atoms with Gasteiger partial charge in [0, 0.05) is 18.1 Å². The number of anilines is 2. The molecule has 3 aromatic rings. The lowest BCUT2D eigenvalue weighted by molar-refractivity contribution is -0.137. The maximum atomic E-state index is 13.4. The zero-order chi connectivity index (χ0) is 28.2. The zero-order valence-corrected chi connectivity index (χ0v) is 21.7. The van der Waals surface area contributed by atoms with Crippen LogP contribution in [0.1, 0.15) is 23.5 Å². The molecule has 2 aromatic heterocycles. The van der Waals surface area contributed by atoms with E-state index in [-0.39, 0.29) is 59.0 Å². The molecule has 0 radical (unpaired) electrons. The molecular formula is C24H21Cl2F3N6O4. The maximum Gasteiger partial charge on any atom is 0.418 e. The summed E-state index contributed by atoms with van der Waals surface area (Å²) in [6.45, 7) is 1.68. The molecule has 1 aliphatic heterocycles. The second-order valence-electron chi connectivity index (χ2n) is 8.51. The minimum absolute atomic E-state index is 0.0625. The molecule has 15 heteroatoms. The summed E-state index contributed by atoms with van der Waals surface area (Å²) in [5, 5.41) is 7.87. The normalized spacial score (nSPS) is 17.0. The monoisotopic (exact) mass is 584 g/mol. The number of ether oxygens (including phenoxy) is 2. The second-order valence-corrected chi connectivity index (χ2v) is 9.36. The Morgan fingerprint density at radius 2 is 1.87 bits per heavy atom. The molecule has 1 aromatic carbocycles. The number of carbonyl (C=O) groups is 2. The van der Waals surface area contributed by atoms with Gasteiger partial charge >= 0.3 is 12.3 Å². The molecular weight excluding hydrogens is 564 g/mol. The summed E-state index contributed by atoms with van der Waals surface area (Å²) in [7, 11) is 0. The second kappa shape index (κ2) is 11.6. The van der Waals surface area contributed by atoms with Gasteiger partial charge in [-0.1, -0.05) is 23.2 Å². The van der Waals surface area contributed by atoms with Crippen LogP contribution in [0.2, 0.25) is 10.0 Å². The molecule has 4 rings (SSSR count). The molecule has 3 heterocycles. The predicted octanol–water partition coefficient (Wildman–Crippen LogP) is 4.81. The first-order valence-electron chi connectivity index (χ1n) is 11.4. The molecule has 10 nitrogen and oxygen atoms in total. The molecule has 2 amide bonds. The van der Waals surface area contributed by atoms with Crippen molar-refractivity contribution in [1.29, 1.82) is 0 Å². The number of pyridine rings is 1. The Balaban J connectivity index is 1.40. The van der Waals surface area contributed by atoms with Crippen LogP contribution in [0.25, 0.3) is 0 Å². The van der Waals surface area contributed by atoms with Gasteiger partial charge < -0.3 is 25.4 Å². The number of hydrogen-bond acceptors (Lipinski definition) is 8. The smallest absolute Gasteiger partial charge is 0.407 e. The fourth-order valence-electron chi connectivity index (χ4n) is 3.67. The minimum Gasteiger partial charge on any atom is -0.407 e. The van der Waals surface area contributed by atoms with Gasteiger partial charge in [-0.15, -0.1) is 0 Å².